The highest BCUT2D eigenvalue weighted by atomic mass is 79.9. The van der Waals surface area contributed by atoms with Gasteiger partial charge in [-0.2, -0.15) is 18.3 Å². The molecule has 0 atom stereocenters. The van der Waals surface area contributed by atoms with Gasteiger partial charge in [0.2, 0.25) is 5.91 Å². The molecular weight excluding hydrogens is 439 g/mol. The van der Waals surface area contributed by atoms with Gasteiger partial charge < -0.3 is 5.32 Å². The molecule has 1 amide bonds. The largest absolute Gasteiger partial charge is 0.436 e. The number of amides is 1. The molecule has 1 aromatic heterocycles. The molecule has 2 rings (SSSR count). The summed E-state index contributed by atoms with van der Waals surface area (Å²) in [5.41, 5.74) is -2.44. The minimum absolute atomic E-state index is 0.0242. The van der Waals surface area contributed by atoms with Crippen LogP contribution in [0.4, 0.5) is 36.4 Å². The molecule has 0 unspecified atom stereocenters. The Hall–Kier alpha value is -2.11. The highest BCUT2D eigenvalue weighted by molar-refractivity contribution is 9.10. The first-order valence-corrected chi connectivity index (χ1v) is 7.65. The van der Waals surface area contributed by atoms with Gasteiger partial charge in [0.05, 0.1) is 16.7 Å². The zero-order valence-corrected chi connectivity index (χ0v) is 14.4. The van der Waals surface area contributed by atoms with Gasteiger partial charge in [0.15, 0.2) is 29.0 Å². The van der Waals surface area contributed by atoms with Crippen LogP contribution in [0.25, 0.3) is 0 Å². The van der Waals surface area contributed by atoms with Gasteiger partial charge in [-0.25, -0.2) is 17.6 Å². The van der Waals surface area contributed by atoms with E-state index in [4.69, 9.17) is 0 Å². The van der Waals surface area contributed by atoms with Gasteiger partial charge in [0, 0.05) is 12.5 Å². The van der Waals surface area contributed by atoms with Crippen LogP contribution in [-0.4, -0.2) is 15.7 Å². The Bertz CT molecular complexity index is 837. The number of hydrogen-bond donors (Lipinski definition) is 1. The summed E-state index contributed by atoms with van der Waals surface area (Å²) in [6, 6.07) is -0.0242. The van der Waals surface area contributed by atoms with Gasteiger partial charge in [0.25, 0.3) is 0 Å². The first-order chi connectivity index (χ1) is 11.9. The van der Waals surface area contributed by atoms with Crippen LogP contribution in [0, 0.1) is 30.2 Å². The number of nitrogens with zero attached hydrogens (tertiary/aromatic N) is 2. The molecule has 0 saturated heterocycles. The van der Waals surface area contributed by atoms with Crippen LogP contribution in [0.15, 0.2) is 10.5 Å². The Morgan fingerprint density at radius 3 is 2.19 bits per heavy atom. The average molecular weight is 448 g/mol. The number of hydrogen-bond acceptors (Lipinski definition) is 2. The topological polar surface area (TPSA) is 46.9 Å². The van der Waals surface area contributed by atoms with Crippen LogP contribution in [0.2, 0.25) is 0 Å². The Morgan fingerprint density at radius 2 is 1.73 bits per heavy atom. The molecule has 142 valence electrons. The van der Waals surface area contributed by atoms with Crippen molar-refractivity contribution < 1.29 is 35.5 Å². The number of aromatic nitrogens is 2. The average Bonchev–Trinajstić information content (AvgIpc) is 2.83. The summed E-state index contributed by atoms with van der Waals surface area (Å²) in [7, 11) is 0. The third-order valence-corrected chi connectivity index (χ3v) is 4.28. The van der Waals surface area contributed by atoms with Gasteiger partial charge in [-0.15, -0.1) is 0 Å². The lowest BCUT2D eigenvalue weighted by atomic mass is 10.2. The second kappa shape index (κ2) is 7.25. The third kappa shape index (κ3) is 4.00. The highest BCUT2D eigenvalue weighted by Crippen LogP contribution is 2.35. The van der Waals surface area contributed by atoms with Crippen molar-refractivity contribution in [1.29, 1.82) is 0 Å². The van der Waals surface area contributed by atoms with Crippen LogP contribution in [-0.2, 0) is 17.5 Å². The molecule has 0 spiro atoms. The van der Waals surface area contributed by atoms with Crippen LogP contribution >= 0.6 is 15.9 Å². The lowest BCUT2D eigenvalue weighted by molar-refractivity contribution is -0.142. The number of halogens is 8. The lowest BCUT2D eigenvalue weighted by Gasteiger charge is -2.09. The van der Waals surface area contributed by atoms with Gasteiger partial charge in [0.1, 0.15) is 5.69 Å². The van der Waals surface area contributed by atoms with E-state index in [0.29, 0.717) is 0 Å². The summed E-state index contributed by atoms with van der Waals surface area (Å²) in [6.45, 7) is 0.943. The lowest BCUT2D eigenvalue weighted by Crippen LogP contribution is -2.18. The summed E-state index contributed by atoms with van der Waals surface area (Å²) < 4.78 is 91.9. The van der Waals surface area contributed by atoms with Crippen molar-refractivity contribution in [3.05, 3.63) is 45.2 Å². The fraction of sp³-hybridized carbons (Fsp3) is 0.286. The molecule has 12 heteroatoms. The highest BCUT2D eigenvalue weighted by Gasteiger charge is 2.37. The molecule has 1 aromatic carbocycles. The monoisotopic (exact) mass is 447 g/mol. The van der Waals surface area contributed by atoms with Gasteiger partial charge in [-0.3, -0.25) is 9.48 Å². The van der Waals surface area contributed by atoms with Gasteiger partial charge in [-0.1, -0.05) is 0 Å². The van der Waals surface area contributed by atoms with Crippen molar-refractivity contribution in [1.82, 2.24) is 9.78 Å². The smallest absolute Gasteiger partial charge is 0.321 e. The molecule has 0 radical (unpaired) electrons. The molecule has 26 heavy (non-hydrogen) atoms. The zero-order valence-electron chi connectivity index (χ0n) is 12.8. The number of carbonyl (C=O) groups excluding carboxylic acids is 1. The van der Waals surface area contributed by atoms with Crippen molar-refractivity contribution in [2.24, 2.45) is 0 Å². The van der Waals surface area contributed by atoms with E-state index >= 15 is 0 Å². The van der Waals surface area contributed by atoms with E-state index in [0.717, 1.165) is 4.68 Å². The predicted octanol–water partition coefficient (Wildman–Crippen LogP) is 4.56. The molecule has 2 aromatic rings. The molecule has 0 aliphatic rings. The molecular formula is C14H9BrF7N3O. The standard InChI is InChI=1S/C14H9BrF7N3O/c1-5-9(15)13(14(20,21)22)24-25(5)3-2-8(26)23-12-10(18)6(16)4-7(17)11(12)19/h4H,2-3H2,1H3,(H,23,26). The van der Waals surface area contributed by atoms with Crippen molar-refractivity contribution in [2.45, 2.75) is 26.1 Å². The number of aryl methyl sites for hydroxylation is 1. The van der Waals surface area contributed by atoms with E-state index in [1.165, 1.54) is 6.92 Å². The Balaban J connectivity index is 2.14. The second-order valence-corrected chi connectivity index (χ2v) is 5.90. The number of carbonyl (C=O) groups is 1. The number of nitrogens with one attached hydrogen (secondary N) is 1. The molecule has 1 heterocycles. The minimum Gasteiger partial charge on any atom is -0.321 e. The summed E-state index contributed by atoms with van der Waals surface area (Å²) in [5, 5.41) is 4.98. The summed E-state index contributed by atoms with van der Waals surface area (Å²) in [4.78, 5) is 11.7. The molecule has 0 aliphatic carbocycles. The SMILES string of the molecule is Cc1c(Br)c(C(F)(F)F)nn1CCC(=O)Nc1c(F)c(F)cc(F)c1F. The van der Waals surface area contributed by atoms with E-state index < -0.39 is 53.2 Å². The fourth-order valence-corrected chi connectivity index (χ4v) is 2.52. The number of rotatable bonds is 4. The molecule has 0 bridgehead atoms. The summed E-state index contributed by atoms with van der Waals surface area (Å²) in [6.07, 6.45) is -5.27. The Kier molecular flexibility index (Phi) is 5.64. The normalized spacial score (nSPS) is 11.7. The summed E-state index contributed by atoms with van der Waals surface area (Å²) in [5.74, 6) is -8.08. The van der Waals surface area contributed by atoms with E-state index in [9.17, 15) is 35.5 Å². The maximum absolute atomic E-state index is 13.5. The fourth-order valence-electron chi connectivity index (χ4n) is 2.02. The maximum atomic E-state index is 13.5. The van der Waals surface area contributed by atoms with Crippen molar-refractivity contribution in [3.8, 4) is 0 Å². The number of benzene rings is 1. The van der Waals surface area contributed by atoms with E-state index in [1.54, 1.807) is 5.32 Å². The van der Waals surface area contributed by atoms with Crippen LogP contribution < -0.4 is 5.32 Å². The van der Waals surface area contributed by atoms with Crippen LogP contribution in [0.3, 0.4) is 0 Å². The predicted molar refractivity (Wildman–Crippen MR) is 79.2 cm³/mol. The first-order valence-electron chi connectivity index (χ1n) is 6.86. The Morgan fingerprint density at radius 1 is 1.19 bits per heavy atom. The maximum Gasteiger partial charge on any atom is 0.436 e. The molecule has 1 N–H and O–H groups in total. The zero-order chi connectivity index (χ0) is 19.8. The van der Waals surface area contributed by atoms with E-state index in [-0.39, 0.29) is 22.8 Å². The van der Waals surface area contributed by atoms with Crippen molar-refractivity contribution in [2.75, 3.05) is 5.32 Å². The van der Waals surface area contributed by atoms with Crippen molar-refractivity contribution in [3.63, 3.8) is 0 Å². The number of anilines is 1. The van der Waals surface area contributed by atoms with Crippen LogP contribution in [0.5, 0.6) is 0 Å². The minimum atomic E-state index is -4.72. The van der Waals surface area contributed by atoms with E-state index in [1.807, 2.05) is 0 Å². The second-order valence-electron chi connectivity index (χ2n) is 5.11. The van der Waals surface area contributed by atoms with Crippen LogP contribution in [0.1, 0.15) is 17.8 Å². The third-order valence-electron chi connectivity index (χ3n) is 3.33. The number of alkyl halides is 3. The van der Waals surface area contributed by atoms with E-state index in [2.05, 4.69) is 21.0 Å². The van der Waals surface area contributed by atoms with Crippen molar-refractivity contribution >= 4 is 27.5 Å². The quantitative estimate of drug-likeness (QED) is 0.551. The molecule has 0 fully saturated rings. The van der Waals surface area contributed by atoms with Gasteiger partial charge in [-0.05, 0) is 22.9 Å². The summed E-state index contributed by atoms with van der Waals surface area (Å²) >= 11 is 2.75. The van der Waals surface area contributed by atoms with Gasteiger partial charge >= 0.3 is 6.18 Å². The molecule has 0 aliphatic heterocycles. The molecule has 0 saturated carbocycles. The molecule has 4 nitrogen and oxygen atoms in total. The Labute approximate surface area is 150 Å². The first kappa shape index (κ1) is 20.2.